The fraction of sp³-hybridized carbons (Fsp3) is 0.583. The molecule has 0 heterocycles. The molecule has 0 unspecified atom stereocenters. The minimum atomic E-state index is -1.24. The zero-order valence-electron chi connectivity index (χ0n) is 21.0. The summed E-state index contributed by atoms with van der Waals surface area (Å²) in [6, 6.07) is 4.83. The summed E-state index contributed by atoms with van der Waals surface area (Å²) in [6.45, 7) is 15.5. The second kappa shape index (κ2) is 10.7. The van der Waals surface area contributed by atoms with Crippen molar-refractivity contribution in [3.8, 4) is 0 Å². The minimum Gasteiger partial charge on any atom is -0.460 e. The molecule has 0 fully saturated rings. The van der Waals surface area contributed by atoms with Crippen LogP contribution in [0.3, 0.4) is 0 Å². The molecule has 2 amide bonds. The first kappa shape index (κ1) is 27.9. The molecular formula is C24H36N2O7. The molecule has 33 heavy (non-hydrogen) atoms. The van der Waals surface area contributed by atoms with Gasteiger partial charge in [-0.3, -0.25) is 9.59 Å². The average molecular weight is 465 g/mol. The van der Waals surface area contributed by atoms with E-state index >= 15 is 0 Å². The summed E-state index contributed by atoms with van der Waals surface area (Å²) in [4.78, 5) is 49.5. The highest BCUT2D eigenvalue weighted by molar-refractivity contribution is 5.99. The van der Waals surface area contributed by atoms with E-state index in [1.54, 1.807) is 62.3 Å². The number of amides is 2. The van der Waals surface area contributed by atoms with Gasteiger partial charge in [0.15, 0.2) is 0 Å². The number of carbonyl (C=O) groups is 4. The number of benzene rings is 1. The Morgan fingerprint density at radius 1 is 0.758 bits per heavy atom. The SMILES string of the molecule is CC(C)(C)OC(=O)C[C@H](NC(=O)OC(C)(C)C)C(=O)Nc1ccc(C(=O)OC(C)(C)C)cc1. The summed E-state index contributed by atoms with van der Waals surface area (Å²) < 4.78 is 15.8. The molecule has 0 spiro atoms. The van der Waals surface area contributed by atoms with Gasteiger partial charge in [0, 0.05) is 5.69 Å². The fourth-order valence-electron chi connectivity index (χ4n) is 2.46. The van der Waals surface area contributed by atoms with E-state index in [1.165, 1.54) is 24.3 Å². The summed E-state index contributed by atoms with van der Waals surface area (Å²) in [5, 5.41) is 5.04. The van der Waals surface area contributed by atoms with Gasteiger partial charge in [0.2, 0.25) is 5.91 Å². The summed E-state index contributed by atoms with van der Waals surface area (Å²) >= 11 is 0. The smallest absolute Gasteiger partial charge is 0.408 e. The van der Waals surface area contributed by atoms with Gasteiger partial charge in [0.1, 0.15) is 22.8 Å². The molecule has 0 saturated carbocycles. The molecule has 1 aromatic carbocycles. The molecule has 0 aliphatic carbocycles. The van der Waals surface area contributed by atoms with Crippen molar-refractivity contribution >= 4 is 29.6 Å². The molecule has 0 aliphatic heterocycles. The minimum absolute atomic E-state index is 0.320. The number of ether oxygens (including phenoxy) is 3. The summed E-state index contributed by atoms with van der Waals surface area (Å²) in [7, 11) is 0. The van der Waals surface area contributed by atoms with Gasteiger partial charge in [-0.1, -0.05) is 0 Å². The third-order valence-electron chi connectivity index (χ3n) is 3.59. The molecular weight excluding hydrogens is 428 g/mol. The van der Waals surface area contributed by atoms with Crippen molar-refractivity contribution in [1.82, 2.24) is 5.32 Å². The normalized spacial score (nSPS) is 12.9. The lowest BCUT2D eigenvalue weighted by Gasteiger charge is -2.24. The highest BCUT2D eigenvalue weighted by Gasteiger charge is 2.29. The molecule has 0 aromatic heterocycles. The van der Waals surface area contributed by atoms with Crippen molar-refractivity contribution in [3.63, 3.8) is 0 Å². The van der Waals surface area contributed by atoms with Gasteiger partial charge in [0.25, 0.3) is 0 Å². The highest BCUT2D eigenvalue weighted by atomic mass is 16.6. The van der Waals surface area contributed by atoms with Crippen LogP contribution < -0.4 is 10.6 Å². The van der Waals surface area contributed by atoms with E-state index in [4.69, 9.17) is 14.2 Å². The molecule has 9 nitrogen and oxygen atoms in total. The van der Waals surface area contributed by atoms with Gasteiger partial charge in [-0.05, 0) is 86.6 Å². The highest BCUT2D eigenvalue weighted by Crippen LogP contribution is 2.16. The van der Waals surface area contributed by atoms with Crippen LogP contribution in [0.5, 0.6) is 0 Å². The van der Waals surface area contributed by atoms with Crippen LogP contribution in [0, 0.1) is 0 Å². The maximum atomic E-state index is 12.8. The third-order valence-corrected chi connectivity index (χ3v) is 3.59. The molecule has 2 N–H and O–H groups in total. The first-order valence-corrected chi connectivity index (χ1v) is 10.7. The Kier molecular flexibility index (Phi) is 9.04. The molecule has 1 aromatic rings. The maximum absolute atomic E-state index is 12.8. The summed E-state index contributed by atoms with van der Waals surface area (Å²) in [5.41, 5.74) is -1.48. The molecule has 0 bridgehead atoms. The number of hydrogen-bond acceptors (Lipinski definition) is 7. The van der Waals surface area contributed by atoms with Gasteiger partial charge in [-0.2, -0.15) is 0 Å². The van der Waals surface area contributed by atoms with Gasteiger partial charge in [-0.25, -0.2) is 9.59 Å². The first-order chi connectivity index (χ1) is 14.8. The van der Waals surface area contributed by atoms with Crippen molar-refractivity contribution in [1.29, 1.82) is 0 Å². The zero-order chi connectivity index (χ0) is 25.6. The number of alkyl carbamates (subject to hydrolysis) is 1. The number of carbonyl (C=O) groups excluding carboxylic acids is 4. The Hall–Kier alpha value is -3.10. The van der Waals surface area contributed by atoms with Crippen LogP contribution in [0.15, 0.2) is 24.3 Å². The fourth-order valence-corrected chi connectivity index (χ4v) is 2.46. The van der Waals surface area contributed by atoms with Crippen LogP contribution in [-0.2, 0) is 23.8 Å². The van der Waals surface area contributed by atoms with E-state index in [0.717, 1.165) is 0 Å². The molecule has 1 atom stereocenters. The predicted molar refractivity (Wildman–Crippen MR) is 124 cm³/mol. The van der Waals surface area contributed by atoms with E-state index in [9.17, 15) is 19.2 Å². The second-order valence-corrected chi connectivity index (χ2v) is 10.6. The Labute approximate surface area is 195 Å². The largest absolute Gasteiger partial charge is 0.460 e. The van der Waals surface area contributed by atoms with Crippen LogP contribution in [0.4, 0.5) is 10.5 Å². The van der Waals surface area contributed by atoms with Crippen LogP contribution in [-0.4, -0.2) is 46.8 Å². The van der Waals surface area contributed by atoms with E-state index < -0.39 is 53.2 Å². The summed E-state index contributed by atoms with van der Waals surface area (Å²) in [6.07, 6.45) is -1.23. The lowest BCUT2D eigenvalue weighted by molar-refractivity contribution is -0.156. The van der Waals surface area contributed by atoms with Crippen molar-refractivity contribution < 1.29 is 33.4 Å². The van der Waals surface area contributed by atoms with Gasteiger partial charge >= 0.3 is 18.0 Å². The maximum Gasteiger partial charge on any atom is 0.408 e. The van der Waals surface area contributed by atoms with E-state index in [-0.39, 0.29) is 0 Å². The van der Waals surface area contributed by atoms with Crippen molar-refractivity contribution in [3.05, 3.63) is 29.8 Å². The molecule has 1 rings (SSSR count). The molecule has 0 radical (unpaired) electrons. The molecule has 0 saturated heterocycles. The number of anilines is 1. The quantitative estimate of drug-likeness (QED) is 0.478. The lowest BCUT2D eigenvalue weighted by Crippen LogP contribution is -2.47. The molecule has 184 valence electrons. The number of rotatable bonds is 6. The molecule has 0 aliphatic rings. The van der Waals surface area contributed by atoms with Crippen molar-refractivity contribution in [2.45, 2.75) is 91.6 Å². The summed E-state index contributed by atoms with van der Waals surface area (Å²) in [5.74, 6) is -1.79. The van der Waals surface area contributed by atoms with Crippen molar-refractivity contribution in [2.24, 2.45) is 0 Å². The third kappa shape index (κ3) is 11.9. The Morgan fingerprint density at radius 2 is 1.24 bits per heavy atom. The van der Waals surface area contributed by atoms with Crippen LogP contribution in [0.1, 0.15) is 79.1 Å². The monoisotopic (exact) mass is 464 g/mol. The number of hydrogen-bond donors (Lipinski definition) is 2. The standard InChI is InChI=1S/C24H36N2O7/c1-22(2,3)31-18(27)14-17(26-21(30)33-24(7,8)9)19(28)25-16-12-10-15(11-13-16)20(29)32-23(4,5)6/h10-13,17H,14H2,1-9H3,(H,25,28)(H,26,30)/t17-/m0/s1. The van der Waals surface area contributed by atoms with Gasteiger partial charge < -0.3 is 24.8 Å². The Morgan fingerprint density at radius 3 is 1.70 bits per heavy atom. The molecule has 9 heteroatoms. The van der Waals surface area contributed by atoms with E-state index in [2.05, 4.69) is 10.6 Å². The Bertz CT molecular complexity index is 827. The van der Waals surface area contributed by atoms with Crippen molar-refractivity contribution in [2.75, 3.05) is 5.32 Å². The van der Waals surface area contributed by atoms with Crippen LogP contribution >= 0.6 is 0 Å². The lowest BCUT2D eigenvalue weighted by atomic mass is 10.1. The van der Waals surface area contributed by atoms with Gasteiger partial charge in [-0.15, -0.1) is 0 Å². The van der Waals surface area contributed by atoms with E-state index in [0.29, 0.717) is 11.3 Å². The average Bonchev–Trinajstić information content (AvgIpc) is 2.56. The van der Waals surface area contributed by atoms with Gasteiger partial charge in [0.05, 0.1) is 12.0 Å². The number of esters is 2. The van der Waals surface area contributed by atoms with Crippen LogP contribution in [0.25, 0.3) is 0 Å². The van der Waals surface area contributed by atoms with Crippen LogP contribution in [0.2, 0.25) is 0 Å². The predicted octanol–water partition coefficient (Wildman–Crippen LogP) is 4.21. The topological polar surface area (TPSA) is 120 Å². The second-order valence-electron chi connectivity index (χ2n) is 10.6. The Balaban J connectivity index is 2.94. The number of nitrogens with one attached hydrogen (secondary N) is 2. The van der Waals surface area contributed by atoms with E-state index in [1.807, 2.05) is 0 Å². The first-order valence-electron chi connectivity index (χ1n) is 10.7. The zero-order valence-corrected chi connectivity index (χ0v) is 21.0.